The molecule has 1 aliphatic rings. The molecule has 0 radical (unpaired) electrons. The third-order valence-electron chi connectivity index (χ3n) is 3.39. The summed E-state index contributed by atoms with van der Waals surface area (Å²) in [6, 6.07) is 0. The molecule has 1 saturated carbocycles. The van der Waals surface area contributed by atoms with Crippen LogP contribution in [0, 0.1) is 0 Å². The molecule has 0 spiro atoms. The maximum absolute atomic E-state index is 11.5. The summed E-state index contributed by atoms with van der Waals surface area (Å²) in [7, 11) is 0. The maximum atomic E-state index is 11.5. The number of aliphatic carboxylic acids is 1. The van der Waals surface area contributed by atoms with E-state index >= 15 is 0 Å². The second kappa shape index (κ2) is 9.78. The van der Waals surface area contributed by atoms with Crippen LogP contribution in [0.2, 0.25) is 0 Å². The molecule has 5 heteroatoms. The Morgan fingerprint density at radius 1 is 1.11 bits per heavy atom. The van der Waals surface area contributed by atoms with E-state index in [0.29, 0.717) is 13.0 Å². The van der Waals surface area contributed by atoms with Crippen molar-refractivity contribution in [2.75, 3.05) is 13.2 Å². The number of ether oxygens (including phenoxy) is 1. The molecule has 0 bridgehead atoms. The molecule has 1 aliphatic carbocycles. The Labute approximate surface area is 114 Å². The van der Waals surface area contributed by atoms with Crippen LogP contribution in [0.25, 0.3) is 0 Å². The van der Waals surface area contributed by atoms with Gasteiger partial charge in [-0.3, -0.25) is 9.59 Å². The van der Waals surface area contributed by atoms with Crippen molar-refractivity contribution in [2.45, 2.75) is 63.9 Å². The van der Waals surface area contributed by atoms with Crippen molar-refractivity contribution in [3.8, 4) is 0 Å². The quantitative estimate of drug-likeness (QED) is 0.597. The number of rotatable bonds is 10. The minimum absolute atomic E-state index is 0.0440. The highest BCUT2D eigenvalue weighted by Gasteiger charge is 2.16. The Kier molecular flexibility index (Phi) is 8.21. The molecule has 0 aromatic heterocycles. The molecule has 1 rings (SSSR count). The van der Waals surface area contributed by atoms with Crippen molar-refractivity contribution < 1.29 is 19.4 Å². The third-order valence-corrected chi connectivity index (χ3v) is 3.39. The number of hydrogen-bond donors (Lipinski definition) is 2. The molecule has 1 fully saturated rings. The molecule has 110 valence electrons. The molecule has 0 heterocycles. The van der Waals surface area contributed by atoms with Crippen LogP contribution in [0.15, 0.2) is 0 Å². The topological polar surface area (TPSA) is 75.6 Å². The number of nitrogens with one attached hydrogen (secondary N) is 1. The molecule has 0 aromatic carbocycles. The molecule has 0 saturated heterocycles. The normalized spacial score (nSPS) is 15.6. The number of carbonyl (C=O) groups is 2. The molecule has 19 heavy (non-hydrogen) atoms. The highest BCUT2D eigenvalue weighted by Crippen LogP contribution is 2.20. The lowest BCUT2D eigenvalue weighted by molar-refractivity contribution is -0.137. The van der Waals surface area contributed by atoms with E-state index in [1.165, 1.54) is 12.8 Å². The van der Waals surface area contributed by atoms with E-state index in [-0.39, 0.29) is 25.0 Å². The molecule has 0 unspecified atom stereocenters. The Bertz CT molecular complexity index is 275. The van der Waals surface area contributed by atoms with Crippen LogP contribution in [-0.4, -0.2) is 36.2 Å². The number of amides is 1. The maximum Gasteiger partial charge on any atom is 0.303 e. The third kappa shape index (κ3) is 8.59. The highest BCUT2D eigenvalue weighted by molar-refractivity contribution is 5.77. The first-order valence-corrected chi connectivity index (χ1v) is 7.28. The number of carboxylic acid groups (broad SMARTS) is 1. The minimum atomic E-state index is -0.739. The number of carbonyl (C=O) groups excluding carboxylic acids is 1. The Morgan fingerprint density at radius 2 is 1.79 bits per heavy atom. The average molecular weight is 271 g/mol. The van der Waals surface area contributed by atoms with Gasteiger partial charge >= 0.3 is 5.97 Å². The van der Waals surface area contributed by atoms with Gasteiger partial charge < -0.3 is 15.2 Å². The van der Waals surface area contributed by atoms with E-state index in [9.17, 15) is 9.59 Å². The van der Waals surface area contributed by atoms with Crippen molar-refractivity contribution in [1.82, 2.24) is 5.32 Å². The van der Waals surface area contributed by atoms with Gasteiger partial charge in [0.25, 0.3) is 0 Å². The summed E-state index contributed by atoms with van der Waals surface area (Å²) >= 11 is 0. The molecule has 5 nitrogen and oxygen atoms in total. The predicted octanol–water partition coefficient (Wildman–Crippen LogP) is 2.10. The zero-order valence-electron chi connectivity index (χ0n) is 11.5. The van der Waals surface area contributed by atoms with E-state index in [2.05, 4.69) is 5.32 Å². The van der Waals surface area contributed by atoms with E-state index in [0.717, 1.165) is 32.1 Å². The van der Waals surface area contributed by atoms with Crippen LogP contribution in [0.1, 0.15) is 57.8 Å². The van der Waals surface area contributed by atoms with Crippen molar-refractivity contribution in [3.05, 3.63) is 0 Å². The van der Waals surface area contributed by atoms with Gasteiger partial charge in [0.2, 0.25) is 5.91 Å². The van der Waals surface area contributed by atoms with Gasteiger partial charge in [0.15, 0.2) is 0 Å². The van der Waals surface area contributed by atoms with Crippen LogP contribution in [0.4, 0.5) is 0 Å². The van der Waals surface area contributed by atoms with Crippen LogP contribution < -0.4 is 5.32 Å². The Hall–Kier alpha value is -1.10. The second-order valence-corrected chi connectivity index (χ2v) is 5.13. The first-order valence-electron chi connectivity index (χ1n) is 7.28. The highest BCUT2D eigenvalue weighted by atomic mass is 16.5. The van der Waals surface area contributed by atoms with E-state index < -0.39 is 5.97 Å². The smallest absolute Gasteiger partial charge is 0.303 e. The fraction of sp³-hybridized carbons (Fsp3) is 0.857. The number of hydrogen-bond acceptors (Lipinski definition) is 3. The van der Waals surface area contributed by atoms with Crippen LogP contribution >= 0.6 is 0 Å². The van der Waals surface area contributed by atoms with Crippen LogP contribution in [-0.2, 0) is 14.3 Å². The number of carboxylic acids is 1. The summed E-state index contributed by atoms with van der Waals surface area (Å²) in [5, 5.41) is 11.3. The van der Waals surface area contributed by atoms with Gasteiger partial charge in [-0.05, 0) is 25.7 Å². The summed E-state index contributed by atoms with van der Waals surface area (Å²) in [4.78, 5) is 21.8. The molecular weight excluding hydrogens is 246 g/mol. The van der Waals surface area contributed by atoms with Crippen molar-refractivity contribution in [1.29, 1.82) is 0 Å². The van der Waals surface area contributed by atoms with E-state index in [1.807, 2.05) is 0 Å². The summed E-state index contributed by atoms with van der Waals surface area (Å²) in [5.41, 5.74) is 0. The van der Waals surface area contributed by atoms with Gasteiger partial charge in [0.1, 0.15) is 6.61 Å². The summed E-state index contributed by atoms with van der Waals surface area (Å²) < 4.78 is 5.51. The van der Waals surface area contributed by atoms with Gasteiger partial charge in [-0.25, -0.2) is 0 Å². The first kappa shape index (κ1) is 16.0. The van der Waals surface area contributed by atoms with Crippen molar-refractivity contribution in [2.24, 2.45) is 0 Å². The first-order chi connectivity index (χ1) is 9.18. The second-order valence-electron chi connectivity index (χ2n) is 5.13. The summed E-state index contributed by atoms with van der Waals surface area (Å²) in [6.07, 6.45) is 8.57. The van der Waals surface area contributed by atoms with Crippen LogP contribution in [0.5, 0.6) is 0 Å². The van der Waals surface area contributed by atoms with E-state index in [4.69, 9.17) is 9.84 Å². The van der Waals surface area contributed by atoms with Gasteiger partial charge in [-0.1, -0.05) is 25.7 Å². The lowest BCUT2D eigenvalue weighted by atomic mass is 10.1. The van der Waals surface area contributed by atoms with Crippen molar-refractivity contribution >= 4 is 11.9 Å². The van der Waals surface area contributed by atoms with Crippen molar-refractivity contribution in [3.63, 3.8) is 0 Å². The standard InChI is InChI=1S/C14H25NO4/c16-13(11-19-12-7-4-5-8-12)15-10-6-2-1-3-9-14(17)18/h12H,1-11H2,(H,15,16)(H,17,18). The number of unbranched alkanes of at least 4 members (excludes halogenated alkanes) is 3. The van der Waals surface area contributed by atoms with Gasteiger partial charge in [0.05, 0.1) is 6.10 Å². The fourth-order valence-electron chi connectivity index (χ4n) is 2.28. The van der Waals surface area contributed by atoms with E-state index in [1.54, 1.807) is 0 Å². The Morgan fingerprint density at radius 3 is 2.47 bits per heavy atom. The fourth-order valence-corrected chi connectivity index (χ4v) is 2.28. The SMILES string of the molecule is O=C(O)CCCCCCNC(=O)COC1CCCC1. The van der Waals surface area contributed by atoms with Gasteiger partial charge in [-0.2, -0.15) is 0 Å². The Balaban J connectivity index is 1.85. The molecule has 0 aromatic rings. The molecule has 0 aliphatic heterocycles. The zero-order chi connectivity index (χ0) is 13.9. The molecule has 1 amide bonds. The van der Waals surface area contributed by atoms with Crippen LogP contribution in [0.3, 0.4) is 0 Å². The van der Waals surface area contributed by atoms with Gasteiger partial charge in [-0.15, -0.1) is 0 Å². The monoisotopic (exact) mass is 271 g/mol. The molecule has 2 N–H and O–H groups in total. The van der Waals surface area contributed by atoms with Gasteiger partial charge in [0, 0.05) is 13.0 Å². The largest absolute Gasteiger partial charge is 0.481 e. The summed E-state index contributed by atoms with van der Waals surface area (Å²) in [6.45, 7) is 0.823. The lowest BCUT2D eigenvalue weighted by Gasteiger charge is -2.10. The molecular formula is C14H25NO4. The zero-order valence-corrected chi connectivity index (χ0v) is 11.5. The minimum Gasteiger partial charge on any atom is -0.481 e. The molecule has 0 atom stereocenters. The lowest BCUT2D eigenvalue weighted by Crippen LogP contribution is -2.30. The average Bonchev–Trinajstić information content (AvgIpc) is 2.88. The predicted molar refractivity (Wildman–Crippen MR) is 71.9 cm³/mol. The summed E-state index contributed by atoms with van der Waals surface area (Å²) in [5.74, 6) is -0.783.